The van der Waals surface area contributed by atoms with E-state index in [9.17, 15) is 4.79 Å². The van der Waals surface area contributed by atoms with Crippen molar-refractivity contribution in [1.82, 2.24) is 0 Å². The summed E-state index contributed by atoms with van der Waals surface area (Å²) in [6, 6.07) is 7.86. The van der Waals surface area contributed by atoms with Crippen molar-refractivity contribution in [3.8, 4) is 0 Å². The Morgan fingerprint density at radius 2 is 2.19 bits per heavy atom. The highest BCUT2D eigenvalue weighted by atomic mass is 16.1. The molecule has 1 aromatic rings. The predicted octanol–water partition coefficient (Wildman–Crippen LogP) is 3.92. The lowest BCUT2D eigenvalue weighted by molar-refractivity contribution is 0.102. The zero-order chi connectivity index (χ0) is 11.5. The van der Waals surface area contributed by atoms with Crippen molar-refractivity contribution in [2.45, 2.75) is 33.1 Å². The van der Waals surface area contributed by atoms with Crippen LogP contribution in [0.5, 0.6) is 0 Å². The molecule has 0 aliphatic heterocycles. The molecule has 0 amide bonds. The molecule has 1 aromatic carbocycles. The van der Waals surface area contributed by atoms with Gasteiger partial charge in [-0.15, -0.1) is 0 Å². The quantitative estimate of drug-likeness (QED) is 0.682. The Morgan fingerprint density at radius 3 is 2.81 bits per heavy atom. The summed E-state index contributed by atoms with van der Waals surface area (Å²) >= 11 is 0. The summed E-state index contributed by atoms with van der Waals surface area (Å²) in [5, 5.41) is 0. The Kier molecular flexibility index (Phi) is 3.23. The van der Waals surface area contributed by atoms with Gasteiger partial charge in [0, 0.05) is 5.56 Å². The van der Waals surface area contributed by atoms with E-state index < -0.39 is 0 Å². The standard InChI is InChI=1S/C15H18O/c1-11-6-8-13(9-7-11)15(16)14-5-3-4-12(2)10-14/h3-5,8,10-11H,6-7,9H2,1-2H3. The van der Waals surface area contributed by atoms with Crippen LogP contribution in [0.1, 0.15) is 42.1 Å². The lowest BCUT2D eigenvalue weighted by Gasteiger charge is -2.17. The minimum Gasteiger partial charge on any atom is -0.289 e. The molecule has 0 spiro atoms. The maximum atomic E-state index is 12.2. The van der Waals surface area contributed by atoms with Crippen molar-refractivity contribution >= 4 is 5.78 Å². The average molecular weight is 214 g/mol. The summed E-state index contributed by atoms with van der Waals surface area (Å²) in [6.45, 7) is 4.26. The van der Waals surface area contributed by atoms with Gasteiger partial charge < -0.3 is 0 Å². The van der Waals surface area contributed by atoms with Gasteiger partial charge in [-0.1, -0.05) is 36.8 Å². The number of rotatable bonds is 2. The third-order valence-electron chi connectivity index (χ3n) is 3.25. The van der Waals surface area contributed by atoms with E-state index in [0.29, 0.717) is 0 Å². The molecule has 1 atom stereocenters. The highest BCUT2D eigenvalue weighted by Crippen LogP contribution is 2.25. The maximum absolute atomic E-state index is 12.2. The van der Waals surface area contributed by atoms with Gasteiger partial charge in [-0.3, -0.25) is 4.79 Å². The number of benzene rings is 1. The fourth-order valence-electron chi connectivity index (χ4n) is 2.14. The molecule has 0 bridgehead atoms. The highest BCUT2D eigenvalue weighted by molar-refractivity contribution is 6.08. The van der Waals surface area contributed by atoms with E-state index in [4.69, 9.17) is 0 Å². The van der Waals surface area contributed by atoms with E-state index in [1.165, 1.54) is 0 Å². The molecule has 0 aromatic heterocycles. The van der Waals surface area contributed by atoms with E-state index in [0.717, 1.165) is 41.9 Å². The third kappa shape index (κ3) is 2.41. The van der Waals surface area contributed by atoms with Crippen LogP contribution in [0.4, 0.5) is 0 Å². The smallest absolute Gasteiger partial charge is 0.188 e. The zero-order valence-electron chi connectivity index (χ0n) is 9.99. The first-order valence-corrected chi connectivity index (χ1v) is 5.97. The van der Waals surface area contributed by atoms with Crippen LogP contribution in [0, 0.1) is 12.8 Å². The monoisotopic (exact) mass is 214 g/mol. The molecule has 0 saturated heterocycles. The molecule has 1 aliphatic rings. The first-order valence-electron chi connectivity index (χ1n) is 5.97. The highest BCUT2D eigenvalue weighted by Gasteiger charge is 2.17. The van der Waals surface area contributed by atoms with Gasteiger partial charge in [-0.25, -0.2) is 0 Å². The van der Waals surface area contributed by atoms with Crippen LogP contribution >= 0.6 is 0 Å². The van der Waals surface area contributed by atoms with Gasteiger partial charge in [0.05, 0.1) is 0 Å². The molecule has 16 heavy (non-hydrogen) atoms. The SMILES string of the molecule is Cc1cccc(C(=O)C2=CCC(C)CC2)c1. The Hall–Kier alpha value is -1.37. The maximum Gasteiger partial charge on any atom is 0.188 e. The van der Waals surface area contributed by atoms with Gasteiger partial charge in [0.15, 0.2) is 5.78 Å². The molecule has 1 aliphatic carbocycles. The van der Waals surface area contributed by atoms with Crippen molar-refractivity contribution in [3.05, 3.63) is 47.0 Å². The third-order valence-corrected chi connectivity index (χ3v) is 3.25. The van der Waals surface area contributed by atoms with Gasteiger partial charge >= 0.3 is 0 Å². The number of allylic oxidation sites excluding steroid dienone is 2. The van der Waals surface area contributed by atoms with E-state index in [2.05, 4.69) is 13.0 Å². The summed E-state index contributed by atoms with van der Waals surface area (Å²) in [4.78, 5) is 12.2. The zero-order valence-corrected chi connectivity index (χ0v) is 9.99. The summed E-state index contributed by atoms with van der Waals surface area (Å²) in [5.41, 5.74) is 2.99. The molecule has 0 saturated carbocycles. The Balaban J connectivity index is 2.20. The van der Waals surface area contributed by atoms with Crippen molar-refractivity contribution in [2.75, 3.05) is 0 Å². The second kappa shape index (κ2) is 4.65. The normalized spacial score (nSPS) is 20.4. The molecular formula is C15H18O. The predicted molar refractivity (Wildman–Crippen MR) is 66.6 cm³/mol. The first kappa shape index (κ1) is 11.1. The average Bonchev–Trinajstić information content (AvgIpc) is 2.29. The van der Waals surface area contributed by atoms with Crippen LogP contribution in [-0.2, 0) is 0 Å². The van der Waals surface area contributed by atoms with Crippen LogP contribution in [0.3, 0.4) is 0 Å². The molecule has 1 nitrogen and oxygen atoms in total. The lowest BCUT2D eigenvalue weighted by Crippen LogP contribution is -2.10. The minimum atomic E-state index is 0.218. The van der Waals surface area contributed by atoms with Crippen molar-refractivity contribution < 1.29 is 4.79 Å². The van der Waals surface area contributed by atoms with E-state index in [1.807, 2.05) is 31.2 Å². The van der Waals surface area contributed by atoms with E-state index in [1.54, 1.807) is 0 Å². The molecule has 1 unspecified atom stereocenters. The van der Waals surface area contributed by atoms with Gasteiger partial charge in [0.1, 0.15) is 0 Å². The van der Waals surface area contributed by atoms with Gasteiger partial charge in [0.25, 0.3) is 0 Å². The summed E-state index contributed by atoms with van der Waals surface area (Å²) in [7, 11) is 0. The van der Waals surface area contributed by atoms with Crippen LogP contribution in [-0.4, -0.2) is 5.78 Å². The fourth-order valence-corrected chi connectivity index (χ4v) is 2.14. The molecule has 0 heterocycles. The molecule has 2 rings (SSSR count). The van der Waals surface area contributed by atoms with E-state index in [-0.39, 0.29) is 5.78 Å². The van der Waals surface area contributed by atoms with Crippen molar-refractivity contribution in [2.24, 2.45) is 5.92 Å². The Labute approximate surface area is 97.2 Å². The number of hydrogen-bond donors (Lipinski definition) is 0. The number of carbonyl (C=O) groups is 1. The Bertz CT molecular complexity index is 429. The second-order valence-corrected chi connectivity index (χ2v) is 4.81. The fraction of sp³-hybridized carbons (Fsp3) is 0.400. The van der Waals surface area contributed by atoms with Crippen molar-refractivity contribution in [3.63, 3.8) is 0 Å². The molecule has 1 heteroatoms. The van der Waals surface area contributed by atoms with Gasteiger partial charge in [-0.05, 0) is 43.7 Å². The number of hydrogen-bond acceptors (Lipinski definition) is 1. The van der Waals surface area contributed by atoms with E-state index >= 15 is 0 Å². The van der Waals surface area contributed by atoms with Gasteiger partial charge in [-0.2, -0.15) is 0 Å². The summed E-state index contributed by atoms with van der Waals surface area (Å²) < 4.78 is 0. The minimum absolute atomic E-state index is 0.218. The second-order valence-electron chi connectivity index (χ2n) is 4.81. The van der Waals surface area contributed by atoms with Gasteiger partial charge in [0.2, 0.25) is 0 Å². The van der Waals surface area contributed by atoms with Crippen LogP contribution in [0.25, 0.3) is 0 Å². The molecule has 0 N–H and O–H groups in total. The lowest BCUT2D eigenvalue weighted by atomic mass is 9.87. The molecule has 0 fully saturated rings. The number of ketones is 1. The number of aryl methyl sites for hydroxylation is 1. The van der Waals surface area contributed by atoms with Crippen LogP contribution in [0.2, 0.25) is 0 Å². The van der Waals surface area contributed by atoms with Crippen LogP contribution in [0.15, 0.2) is 35.9 Å². The summed E-state index contributed by atoms with van der Waals surface area (Å²) in [5.74, 6) is 0.949. The summed E-state index contributed by atoms with van der Waals surface area (Å²) in [6.07, 6.45) is 5.25. The molecular weight excluding hydrogens is 196 g/mol. The first-order chi connectivity index (χ1) is 7.66. The molecule has 84 valence electrons. The molecule has 0 radical (unpaired) electrons. The van der Waals surface area contributed by atoms with Crippen LogP contribution < -0.4 is 0 Å². The van der Waals surface area contributed by atoms with Crippen molar-refractivity contribution in [1.29, 1.82) is 0 Å². The topological polar surface area (TPSA) is 17.1 Å². The number of carbonyl (C=O) groups excluding carboxylic acids is 1. The largest absolute Gasteiger partial charge is 0.289 e. The number of Topliss-reactive ketones (excluding diaryl/α,β-unsaturated/α-hetero) is 1. The Morgan fingerprint density at radius 1 is 1.38 bits per heavy atom.